The average Bonchev–Trinajstić information content (AvgIpc) is 2.64. The number of aliphatic hydroxyl groups is 1. The van der Waals surface area contributed by atoms with Crippen LogP contribution in [0, 0.1) is 22.7 Å². The number of hydrogen-bond donors (Lipinski definition) is 3. The number of rotatable bonds is 14. The zero-order chi connectivity index (χ0) is 21.3. The van der Waals surface area contributed by atoms with Crippen LogP contribution < -0.4 is 0 Å². The largest absolute Gasteiger partial charge is 0.481 e. The van der Waals surface area contributed by atoms with Crippen molar-refractivity contribution in [1.29, 1.82) is 0 Å². The Bertz CT molecular complexity index is 532. The Hall–Kier alpha value is -1.96. The van der Waals surface area contributed by atoms with Crippen LogP contribution in [0.1, 0.15) is 59.8 Å². The van der Waals surface area contributed by atoms with Crippen LogP contribution >= 0.6 is 0 Å². The predicted molar refractivity (Wildman–Crippen MR) is 97.0 cm³/mol. The first-order valence-electron chi connectivity index (χ1n) is 9.32. The summed E-state index contributed by atoms with van der Waals surface area (Å²) in [6.07, 6.45) is 1.33. The molecule has 0 heterocycles. The summed E-state index contributed by atoms with van der Waals surface area (Å²) >= 11 is 0. The third kappa shape index (κ3) is 5.28. The third-order valence-corrected chi connectivity index (χ3v) is 5.95. The summed E-state index contributed by atoms with van der Waals surface area (Å²) in [5.41, 5.74) is -2.74. The van der Waals surface area contributed by atoms with Gasteiger partial charge in [0.2, 0.25) is 0 Å². The fourth-order valence-corrected chi connectivity index (χ4v) is 3.69. The summed E-state index contributed by atoms with van der Waals surface area (Å²) in [6.45, 7) is 5.81. The van der Waals surface area contributed by atoms with E-state index in [1.807, 2.05) is 0 Å². The molecule has 0 saturated heterocycles. The predicted octanol–water partition coefficient (Wildman–Crippen LogP) is 2.13. The van der Waals surface area contributed by atoms with Crippen LogP contribution in [0.3, 0.4) is 0 Å². The van der Waals surface area contributed by atoms with Crippen LogP contribution in [0.15, 0.2) is 0 Å². The van der Waals surface area contributed by atoms with Crippen LogP contribution in [-0.4, -0.2) is 52.7 Å². The molecule has 0 spiro atoms. The van der Waals surface area contributed by atoms with E-state index >= 15 is 0 Å². The lowest BCUT2D eigenvalue weighted by Gasteiger charge is -2.35. The molecule has 0 fully saturated rings. The van der Waals surface area contributed by atoms with Crippen molar-refractivity contribution < 1.29 is 39.2 Å². The van der Waals surface area contributed by atoms with Gasteiger partial charge in [0.15, 0.2) is 0 Å². The molecule has 0 aromatic rings. The molecule has 8 heteroatoms. The molecule has 0 bridgehead atoms. The second-order valence-electron chi connectivity index (χ2n) is 6.89. The zero-order valence-corrected chi connectivity index (χ0v) is 16.6. The molecular weight excluding hydrogens is 356 g/mol. The number of esters is 1. The molecule has 0 aromatic heterocycles. The topological polar surface area (TPSA) is 138 Å². The molecule has 4 unspecified atom stereocenters. The standard InChI is InChI=1S/C19H32O8/c1-5-14(12-21)19(7-3,8-10-20)17(26)27-11-9-18(6-2,16(24)25)13(4)15(22)23/h12-14,20H,5-11H2,1-4H3,(H,22,23)(H,24,25). The molecule has 0 aliphatic carbocycles. The Balaban J connectivity index is 5.45. The maximum atomic E-state index is 12.7. The Kier molecular flexibility index (Phi) is 10.2. The molecule has 0 aromatic carbocycles. The molecule has 0 rings (SSSR count). The van der Waals surface area contributed by atoms with E-state index in [0.29, 0.717) is 12.7 Å². The van der Waals surface area contributed by atoms with Crippen molar-refractivity contribution in [3.05, 3.63) is 0 Å². The van der Waals surface area contributed by atoms with Gasteiger partial charge in [-0.2, -0.15) is 0 Å². The fraction of sp³-hybridized carbons (Fsp3) is 0.789. The average molecular weight is 388 g/mol. The second kappa shape index (κ2) is 11.0. The number of carboxylic acid groups (broad SMARTS) is 2. The zero-order valence-electron chi connectivity index (χ0n) is 16.6. The highest BCUT2D eigenvalue weighted by Gasteiger charge is 2.47. The van der Waals surface area contributed by atoms with E-state index in [0.717, 1.165) is 0 Å². The molecule has 0 aliphatic rings. The summed E-state index contributed by atoms with van der Waals surface area (Å²) in [6, 6.07) is 0. The summed E-state index contributed by atoms with van der Waals surface area (Å²) in [5, 5.41) is 28.2. The first-order chi connectivity index (χ1) is 12.6. The smallest absolute Gasteiger partial charge is 0.312 e. The minimum absolute atomic E-state index is 0.0585. The number of carbonyl (C=O) groups excluding carboxylic acids is 2. The van der Waals surface area contributed by atoms with Crippen molar-refractivity contribution in [3.8, 4) is 0 Å². The quantitative estimate of drug-likeness (QED) is 0.304. The highest BCUT2D eigenvalue weighted by Crippen LogP contribution is 2.39. The number of ether oxygens (including phenoxy) is 1. The number of carbonyl (C=O) groups is 4. The van der Waals surface area contributed by atoms with Gasteiger partial charge < -0.3 is 24.9 Å². The minimum atomic E-state index is -1.56. The molecule has 0 aliphatic heterocycles. The summed E-state index contributed by atoms with van der Waals surface area (Å²) < 4.78 is 5.31. The lowest BCUT2D eigenvalue weighted by Crippen LogP contribution is -2.44. The highest BCUT2D eigenvalue weighted by molar-refractivity contribution is 5.83. The van der Waals surface area contributed by atoms with Gasteiger partial charge in [0.25, 0.3) is 0 Å². The summed E-state index contributed by atoms with van der Waals surface area (Å²) in [4.78, 5) is 47.2. The molecular formula is C19H32O8. The van der Waals surface area contributed by atoms with Gasteiger partial charge in [0, 0.05) is 12.5 Å². The lowest BCUT2D eigenvalue weighted by atomic mass is 9.70. The first kappa shape index (κ1) is 25.0. The van der Waals surface area contributed by atoms with Gasteiger partial charge in [-0.05, 0) is 32.1 Å². The van der Waals surface area contributed by atoms with E-state index in [1.54, 1.807) is 20.8 Å². The van der Waals surface area contributed by atoms with E-state index in [-0.39, 0.29) is 38.9 Å². The van der Waals surface area contributed by atoms with Crippen molar-refractivity contribution in [3.63, 3.8) is 0 Å². The van der Waals surface area contributed by atoms with E-state index in [9.17, 15) is 34.5 Å². The van der Waals surface area contributed by atoms with Crippen LogP contribution in [0.25, 0.3) is 0 Å². The maximum Gasteiger partial charge on any atom is 0.312 e. The molecule has 0 radical (unpaired) electrons. The summed E-state index contributed by atoms with van der Waals surface area (Å²) in [7, 11) is 0. The van der Waals surface area contributed by atoms with Crippen molar-refractivity contribution in [2.45, 2.75) is 59.8 Å². The Morgan fingerprint density at radius 1 is 1.04 bits per heavy atom. The van der Waals surface area contributed by atoms with Crippen molar-refractivity contribution in [2.24, 2.45) is 22.7 Å². The number of aliphatic carboxylic acids is 2. The Morgan fingerprint density at radius 3 is 1.93 bits per heavy atom. The van der Waals surface area contributed by atoms with Crippen molar-refractivity contribution in [2.75, 3.05) is 13.2 Å². The molecule has 0 amide bonds. The molecule has 4 atom stereocenters. The van der Waals surface area contributed by atoms with Gasteiger partial charge >= 0.3 is 17.9 Å². The normalized spacial score (nSPS) is 17.8. The number of aldehydes is 1. The lowest BCUT2D eigenvalue weighted by molar-refractivity contribution is -0.169. The highest BCUT2D eigenvalue weighted by atomic mass is 16.5. The van der Waals surface area contributed by atoms with E-state index < -0.39 is 40.6 Å². The maximum absolute atomic E-state index is 12.7. The molecule has 8 nitrogen and oxygen atoms in total. The molecule has 3 N–H and O–H groups in total. The van der Waals surface area contributed by atoms with Gasteiger partial charge in [-0.1, -0.05) is 27.7 Å². The van der Waals surface area contributed by atoms with Crippen LogP contribution in [-0.2, 0) is 23.9 Å². The van der Waals surface area contributed by atoms with E-state index in [4.69, 9.17) is 4.74 Å². The Labute approximate surface area is 159 Å². The minimum Gasteiger partial charge on any atom is -0.481 e. The third-order valence-electron chi connectivity index (χ3n) is 5.95. The van der Waals surface area contributed by atoms with Gasteiger partial charge in [-0.25, -0.2) is 0 Å². The van der Waals surface area contributed by atoms with Gasteiger partial charge in [0.05, 0.1) is 23.4 Å². The number of hydrogen-bond acceptors (Lipinski definition) is 6. The first-order valence-corrected chi connectivity index (χ1v) is 9.32. The SMILES string of the molecule is CCC(C=O)C(CC)(CCO)C(=O)OCCC(CC)(C(=O)O)C(C)C(=O)O. The van der Waals surface area contributed by atoms with Crippen molar-refractivity contribution in [1.82, 2.24) is 0 Å². The summed E-state index contributed by atoms with van der Waals surface area (Å²) in [5.74, 6) is -4.95. The number of aliphatic hydroxyl groups excluding tert-OH is 1. The van der Waals surface area contributed by atoms with Crippen molar-refractivity contribution >= 4 is 24.2 Å². The van der Waals surface area contributed by atoms with Crippen LogP contribution in [0.2, 0.25) is 0 Å². The monoisotopic (exact) mass is 388 g/mol. The molecule has 156 valence electrons. The van der Waals surface area contributed by atoms with Crippen LogP contribution in [0.5, 0.6) is 0 Å². The molecule has 0 saturated carbocycles. The van der Waals surface area contributed by atoms with Crippen LogP contribution in [0.4, 0.5) is 0 Å². The van der Waals surface area contributed by atoms with E-state index in [1.165, 1.54) is 6.92 Å². The fourth-order valence-electron chi connectivity index (χ4n) is 3.69. The van der Waals surface area contributed by atoms with Gasteiger partial charge in [-0.3, -0.25) is 14.4 Å². The van der Waals surface area contributed by atoms with E-state index in [2.05, 4.69) is 0 Å². The Morgan fingerprint density at radius 2 is 1.59 bits per heavy atom. The van der Waals surface area contributed by atoms with Gasteiger partial charge in [0.1, 0.15) is 6.29 Å². The molecule has 27 heavy (non-hydrogen) atoms. The van der Waals surface area contributed by atoms with Gasteiger partial charge in [-0.15, -0.1) is 0 Å². The number of carboxylic acids is 2. The second-order valence-corrected chi connectivity index (χ2v) is 6.89.